The molecule has 0 aliphatic carbocycles. The maximum Gasteiger partial charge on any atom is 0.254 e. The maximum absolute atomic E-state index is 13.7. The lowest BCUT2D eigenvalue weighted by Crippen LogP contribution is -2.38. The molecule has 0 atom stereocenters. The Morgan fingerprint density at radius 2 is 1.80 bits per heavy atom. The van der Waals surface area contributed by atoms with E-state index in [2.05, 4.69) is 15.2 Å². The second-order valence-corrected chi connectivity index (χ2v) is 8.12. The summed E-state index contributed by atoms with van der Waals surface area (Å²) in [7, 11) is 0. The Morgan fingerprint density at radius 3 is 2.50 bits per heavy atom. The first-order valence-electron chi connectivity index (χ1n) is 10.6. The number of carbonyl (C=O) groups excluding carboxylic acids is 2. The van der Waals surface area contributed by atoms with Crippen LogP contribution in [0.25, 0.3) is 0 Å². The number of benzene rings is 1. The predicted molar refractivity (Wildman–Crippen MR) is 114 cm³/mol. The molecule has 4 rings (SSSR count). The minimum Gasteiger partial charge on any atom is -0.357 e. The smallest absolute Gasteiger partial charge is 0.254 e. The number of amides is 2. The number of aromatic nitrogens is 1. The van der Waals surface area contributed by atoms with Crippen molar-refractivity contribution < 1.29 is 14.0 Å². The van der Waals surface area contributed by atoms with Crippen LogP contribution in [0.2, 0.25) is 0 Å². The molecule has 1 N–H and O–H groups in total. The summed E-state index contributed by atoms with van der Waals surface area (Å²) in [5, 5.41) is 2.83. The first-order valence-corrected chi connectivity index (χ1v) is 10.6. The Kier molecular flexibility index (Phi) is 5.97. The van der Waals surface area contributed by atoms with E-state index in [4.69, 9.17) is 0 Å². The lowest BCUT2D eigenvalue weighted by Gasteiger charge is -2.32. The number of carbonyl (C=O) groups is 2. The highest BCUT2D eigenvalue weighted by Crippen LogP contribution is 2.25. The number of hydrogen-bond acceptors (Lipinski definition) is 4. The van der Waals surface area contributed by atoms with Gasteiger partial charge >= 0.3 is 0 Å². The van der Waals surface area contributed by atoms with Crippen molar-refractivity contribution in [3.63, 3.8) is 0 Å². The van der Waals surface area contributed by atoms with Crippen molar-refractivity contribution in [2.75, 3.05) is 36.4 Å². The molecule has 2 aromatic rings. The standard InChI is InChI=1S/C23H27FN4O2/c1-16-4-5-19(15-20(16)24)26-22(29)17-7-12-27(13-8-17)21-14-18(6-9-25-21)23(30)28-10-2-3-11-28/h4-6,9,14-15,17H,2-3,7-8,10-13H2,1H3,(H,26,29). The second-order valence-electron chi connectivity index (χ2n) is 8.12. The van der Waals surface area contributed by atoms with Gasteiger partial charge in [-0.3, -0.25) is 9.59 Å². The van der Waals surface area contributed by atoms with E-state index in [1.807, 2.05) is 11.0 Å². The van der Waals surface area contributed by atoms with Gasteiger partial charge in [0.05, 0.1) is 0 Å². The summed E-state index contributed by atoms with van der Waals surface area (Å²) in [6, 6.07) is 8.37. The third-order valence-corrected chi connectivity index (χ3v) is 6.01. The molecule has 2 aliphatic heterocycles. The van der Waals surface area contributed by atoms with Crippen LogP contribution in [0.4, 0.5) is 15.9 Å². The van der Waals surface area contributed by atoms with Crippen LogP contribution in [0.3, 0.4) is 0 Å². The Hall–Kier alpha value is -2.96. The van der Waals surface area contributed by atoms with E-state index in [0.717, 1.165) is 31.7 Å². The fourth-order valence-electron chi connectivity index (χ4n) is 4.11. The number of nitrogens with zero attached hydrogens (tertiary/aromatic N) is 3. The number of anilines is 2. The number of pyridine rings is 1. The summed E-state index contributed by atoms with van der Waals surface area (Å²) in [6.07, 6.45) is 5.19. The van der Waals surface area contributed by atoms with Gasteiger partial charge in [-0.25, -0.2) is 9.37 Å². The molecule has 7 heteroatoms. The van der Waals surface area contributed by atoms with Crippen molar-refractivity contribution in [3.8, 4) is 0 Å². The van der Waals surface area contributed by atoms with Crippen LogP contribution in [0, 0.1) is 18.7 Å². The number of likely N-dealkylation sites (tertiary alicyclic amines) is 1. The lowest BCUT2D eigenvalue weighted by molar-refractivity contribution is -0.120. The van der Waals surface area contributed by atoms with E-state index in [1.165, 1.54) is 6.07 Å². The van der Waals surface area contributed by atoms with E-state index in [9.17, 15) is 14.0 Å². The van der Waals surface area contributed by atoms with E-state index in [1.54, 1.807) is 31.3 Å². The Balaban J connectivity index is 1.35. The van der Waals surface area contributed by atoms with Gasteiger partial charge in [0, 0.05) is 49.5 Å². The fourth-order valence-corrected chi connectivity index (χ4v) is 4.11. The highest BCUT2D eigenvalue weighted by Gasteiger charge is 2.27. The molecule has 158 valence electrons. The van der Waals surface area contributed by atoms with E-state index >= 15 is 0 Å². The van der Waals surface area contributed by atoms with Gasteiger partial charge in [0.1, 0.15) is 11.6 Å². The summed E-state index contributed by atoms with van der Waals surface area (Å²) in [5.74, 6) is 0.316. The molecule has 0 bridgehead atoms. The molecule has 1 aromatic carbocycles. The first kappa shape index (κ1) is 20.3. The van der Waals surface area contributed by atoms with Crippen LogP contribution >= 0.6 is 0 Å². The van der Waals surface area contributed by atoms with Gasteiger partial charge < -0.3 is 15.1 Å². The monoisotopic (exact) mass is 410 g/mol. The summed E-state index contributed by atoms with van der Waals surface area (Å²) >= 11 is 0. The topological polar surface area (TPSA) is 65.5 Å². The van der Waals surface area contributed by atoms with Gasteiger partial charge in [-0.15, -0.1) is 0 Å². The summed E-state index contributed by atoms with van der Waals surface area (Å²) < 4.78 is 13.7. The molecule has 2 fully saturated rings. The molecule has 30 heavy (non-hydrogen) atoms. The molecular weight excluding hydrogens is 383 g/mol. The number of rotatable bonds is 4. The third-order valence-electron chi connectivity index (χ3n) is 6.01. The molecule has 6 nitrogen and oxygen atoms in total. The molecular formula is C23H27FN4O2. The van der Waals surface area contributed by atoms with Gasteiger partial charge in [-0.1, -0.05) is 6.07 Å². The normalized spacial score (nSPS) is 17.3. The van der Waals surface area contributed by atoms with Crippen molar-refractivity contribution in [1.82, 2.24) is 9.88 Å². The molecule has 1 aromatic heterocycles. The molecule has 2 saturated heterocycles. The SMILES string of the molecule is Cc1ccc(NC(=O)C2CCN(c3cc(C(=O)N4CCCC4)ccn3)CC2)cc1F. The van der Waals surface area contributed by atoms with Crippen LogP contribution in [0.1, 0.15) is 41.6 Å². The quantitative estimate of drug-likeness (QED) is 0.836. The zero-order chi connectivity index (χ0) is 21.1. The third kappa shape index (κ3) is 4.45. The molecule has 0 radical (unpaired) electrons. The Labute approximate surface area is 176 Å². The van der Waals surface area contributed by atoms with Crippen molar-refractivity contribution in [1.29, 1.82) is 0 Å². The highest BCUT2D eigenvalue weighted by molar-refractivity contribution is 5.95. The van der Waals surface area contributed by atoms with Crippen LogP contribution in [0.15, 0.2) is 36.5 Å². The zero-order valence-electron chi connectivity index (χ0n) is 17.2. The number of aryl methyl sites for hydroxylation is 1. The Morgan fingerprint density at radius 1 is 1.07 bits per heavy atom. The predicted octanol–water partition coefficient (Wildman–Crippen LogP) is 3.62. The van der Waals surface area contributed by atoms with Crippen LogP contribution in [-0.4, -0.2) is 47.9 Å². The zero-order valence-corrected chi connectivity index (χ0v) is 17.2. The Bertz CT molecular complexity index is 935. The number of nitrogens with one attached hydrogen (secondary N) is 1. The van der Waals surface area contributed by atoms with E-state index in [-0.39, 0.29) is 23.5 Å². The van der Waals surface area contributed by atoms with Crippen molar-refractivity contribution in [2.45, 2.75) is 32.6 Å². The van der Waals surface area contributed by atoms with Gasteiger partial charge in [0.15, 0.2) is 0 Å². The van der Waals surface area contributed by atoms with Crippen molar-refractivity contribution in [2.24, 2.45) is 5.92 Å². The highest BCUT2D eigenvalue weighted by atomic mass is 19.1. The minimum atomic E-state index is -0.322. The molecule has 0 spiro atoms. The van der Waals surface area contributed by atoms with Crippen LogP contribution < -0.4 is 10.2 Å². The summed E-state index contributed by atoms with van der Waals surface area (Å²) in [4.78, 5) is 33.7. The molecule has 3 heterocycles. The second kappa shape index (κ2) is 8.81. The fraction of sp³-hybridized carbons (Fsp3) is 0.435. The van der Waals surface area contributed by atoms with Gasteiger partial charge in [0.2, 0.25) is 5.91 Å². The lowest BCUT2D eigenvalue weighted by atomic mass is 9.95. The number of halogens is 1. The molecule has 0 unspecified atom stereocenters. The van der Waals surface area contributed by atoms with E-state index < -0.39 is 0 Å². The van der Waals surface area contributed by atoms with E-state index in [0.29, 0.717) is 42.7 Å². The van der Waals surface area contributed by atoms with Crippen molar-refractivity contribution >= 4 is 23.3 Å². The minimum absolute atomic E-state index is 0.0655. The van der Waals surface area contributed by atoms with Crippen LogP contribution in [-0.2, 0) is 4.79 Å². The van der Waals surface area contributed by atoms with Gasteiger partial charge in [0.25, 0.3) is 5.91 Å². The molecule has 0 saturated carbocycles. The maximum atomic E-state index is 13.7. The van der Waals surface area contributed by atoms with Crippen LogP contribution in [0.5, 0.6) is 0 Å². The summed E-state index contributed by atoms with van der Waals surface area (Å²) in [5.41, 5.74) is 1.71. The summed E-state index contributed by atoms with van der Waals surface area (Å²) in [6.45, 7) is 4.71. The average molecular weight is 410 g/mol. The average Bonchev–Trinajstić information content (AvgIpc) is 3.31. The number of hydrogen-bond donors (Lipinski definition) is 1. The first-order chi connectivity index (χ1) is 14.5. The molecule has 2 amide bonds. The molecule has 2 aliphatic rings. The largest absolute Gasteiger partial charge is 0.357 e. The van der Waals surface area contributed by atoms with Gasteiger partial charge in [-0.2, -0.15) is 0 Å². The number of piperidine rings is 1. The van der Waals surface area contributed by atoms with Gasteiger partial charge in [-0.05, 0) is 62.4 Å². The van der Waals surface area contributed by atoms with Crippen molar-refractivity contribution in [3.05, 3.63) is 53.5 Å².